The highest BCUT2D eigenvalue weighted by molar-refractivity contribution is 7.90. The van der Waals surface area contributed by atoms with E-state index in [-0.39, 0.29) is 39.2 Å². The molecule has 3 aromatic carbocycles. The van der Waals surface area contributed by atoms with E-state index in [9.17, 15) is 26.0 Å². The van der Waals surface area contributed by atoms with Crippen molar-refractivity contribution in [2.24, 2.45) is 11.6 Å². The van der Waals surface area contributed by atoms with E-state index >= 15 is 0 Å². The molecule has 0 saturated heterocycles. The second kappa shape index (κ2) is 10.1. The number of rotatable bonds is 7. The minimum absolute atomic E-state index is 0.0944. The molecule has 0 amide bonds. The van der Waals surface area contributed by atoms with Crippen LogP contribution in [0, 0.1) is 6.92 Å². The molecule has 0 unspecified atom stereocenters. The van der Waals surface area contributed by atoms with E-state index in [1.165, 1.54) is 48.0 Å². The molecule has 0 bridgehead atoms. The third-order valence-corrected chi connectivity index (χ3v) is 7.44. The highest BCUT2D eigenvalue weighted by atomic mass is 32.2. The van der Waals surface area contributed by atoms with Crippen molar-refractivity contribution in [2.75, 3.05) is 11.3 Å². The molecule has 41 heavy (non-hydrogen) atoms. The first kappa shape index (κ1) is 28.0. The number of benzene rings is 3. The van der Waals surface area contributed by atoms with Crippen molar-refractivity contribution in [1.82, 2.24) is 9.55 Å². The Hall–Kier alpha value is -4.56. The Kier molecular flexibility index (Phi) is 6.91. The van der Waals surface area contributed by atoms with E-state index in [4.69, 9.17) is 11.6 Å². The smallest absolute Gasteiger partial charge is 0.403 e. The van der Waals surface area contributed by atoms with Crippen LogP contribution < -0.4 is 26.1 Å². The van der Waals surface area contributed by atoms with Crippen LogP contribution in [-0.2, 0) is 9.84 Å². The van der Waals surface area contributed by atoms with Crippen LogP contribution >= 0.6 is 0 Å². The maximum Gasteiger partial charge on any atom is 0.586 e. The lowest BCUT2D eigenvalue weighted by Crippen LogP contribution is -2.31. The van der Waals surface area contributed by atoms with Crippen LogP contribution in [-0.4, -0.2) is 30.5 Å². The standard InChI is InChI=1S/C27H23F4N5O4S/c1-15-34-20(26(28)29)14-35(15)21-8-6-17(16-4-3-5-19(10-16)41(2,37)38)11-22(21)36(33)23(13-32)18-7-9-24-25(12-18)40-27(30,31)39-24/h3-14,26H,32-33H2,1-2H3/b23-13-. The van der Waals surface area contributed by atoms with E-state index < -0.39 is 28.3 Å². The van der Waals surface area contributed by atoms with E-state index in [2.05, 4.69) is 14.5 Å². The van der Waals surface area contributed by atoms with Crippen LogP contribution in [0.3, 0.4) is 0 Å². The monoisotopic (exact) mass is 589 g/mol. The van der Waals surface area contributed by atoms with Gasteiger partial charge in [-0.3, -0.25) is 5.01 Å². The van der Waals surface area contributed by atoms with Crippen molar-refractivity contribution >= 4 is 21.2 Å². The Morgan fingerprint density at radius 2 is 1.76 bits per heavy atom. The molecule has 0 radical (unpaired) electrons. The lowest BCUT2D eigenvalue weighted by Gasteiger charge is -2.26. The van der Waals surface area contributed by atoms with Crippen molar-refractivity contribution in [3.8, 4) is 28.3 Å². The summed E-state index contributed by atoms with van der Waals surface area (Å²) in [6, 6.07) is 15.1. The highest BCUT2D eigenvalue weighted by Crippen LogP contribution is 2.43. The van der Waals surface area contributed by atoms with Gasteiger partial charge in [-0.15, -0.1) is 8.78 Å². The van der Waals surface area contributed by atoms with Gasteiger partial charge in [0, 0.05) is 24.2 Å². The Morgan fingerprint density at radius 1 is 1.05 bits per heavy atom. The van der Waals surface area contributed by atoms with Gasteiger partial charge < -0.3 is 19.8 Å². The summed E-state index contributed by atoms with van der Waals surface area (Å²) >= 11 is 0. The first-order valence-electron chi connectivity index (χ1n) is 11.9. The molecule has 5 rings (SSSR count). The number of hydrogen-bond acceptors (Lipinski definition) is 8. The topological polar surface area (TPSA) is 126 Å². The zero-order valence-electron chi connectivity index (χ0n) is 21.6. The Balaban J connectivity index is 1.65. The van der Waals surface area contributed by atoms with Crippen LogP contribution in [0.25, 0.3) is 22.5 Å². The molecule has 4 aromatic rings. The fourth-order valence-electron chi connectivity index (χ4n) is 4.40. The number of anilines is 1. The summed E-state index contributed by atoms with van der Waals surface area (Å²) in [4.78, 5) is 4.02. The molecule has 2 heterocycles. The van der Waals surface area contributed by atoms with Gasteiger partial charge in [0.05, 0.1) is 22.0 Å². The minimum Gasteiger partial charge on any atom is -0.403 e. The maximum absolute atomic E-state index is 13.6. The predicted octanol–water partition coefficient (Wildman–Crippen LogP) is 5.15. The van der Waals surface area contributed by atoms with Crippen LogP contribution in [0.1, 0.15) is 23.5 Å². The van der Waals surface area contributed by atoms with Crippen molar-refractivity contribution in [1.29, 1.82) is 0 Å². The lowest BCUT2D eigenvalue weighted by atomic mass is 10.0. The van der Waals surface area contributed by atoms with Gasteiger partial charge in [0.2, 0.25) is 0 Å². The second-order valence-electron chi connectivity index (χ2n) is 9.14. The number of halogens is 4. The molecule has 0 aliphatic carbocycles. The van der Waals surface area contributed by atoms with Gasteiger partial charge in [-0.2, -0.15) is 0 Å². The van der Waals surface area contributed by atoms with Crippen molar-refractivity contribution in [3.63, 3.8) is 0 Å². The number of nitrogens with two attached hydrogens (primary N) is 2. The quantitative estimate of drug-likeness (QED) is 0.172. The molecule has 0 fully saturated rings. The summed E-state index contributed by atoms with van der Waals surface area (Å²) in [5.41, 5.74) is 7.55. The van der Waals surface area contributed by atoms with Crippen LogP contribution in [0.15, 0.2) is 78.0 Å². The number of alkyl halides is 4. The van der Waals surface area contributed by atoms with Crippen LogP contribution in [0.5, 0.6) is 11.5 Å². The van der Waals surface area contributed by atoms with Gasteiger partial charge >= 0.3 is 6.29 Å². The molecule has 1 aromatic heterocycles. The number of imidazole rings is 1. The molecule has 0 spiro atoms. The van der Waals surface area contributed by atoms with Crippen molar-refractivity contribution < 1.29 is 35.5 Å². The predicted molar refractivity (Wildman–Crippen MR) is 143 cm³/mol. The van der Waals surface area contributed by atoms with Crippen molar-refractivity contribution in [3.05, 3.63) is 90.1 Å². The fraction of sp³-hybridized carbons (Fsp3) is 0.148. The summed E-state index contributed by atoms with van der Waals surface area (Å²) in [6.07, 6.45) is -3.26. The number of sulfone groups is 1. The third-order valence-electron chi connectivity index (χ3n) is 6.33. The van der Waals surface area contributed by atoms with Crippen LogP contribution in [0.4, 0.5) is 23.2 Å². The summed E-state index contributed by atoms with van der Waals surface area (Å²) in [5, 5.41) is 1.15. The van der Waals surface area contributed by atoms with Gasteiger partial charge in [-0.1, -0.05) is 18.2 Å². The van der Waals surface area contributed by atoms with Gasteiger partial charge in [0.1, 0.15) is 11.5 Å². The van der Waals surface area contributed by atoms with Gasteiger partial charge in [-0.25, -0.2) is 28.0 Å². The number of aryl methyl sites for hydroxylation is 1. The van der Waals surface area contributed by atoms with Gasteiger partial charge in [-0.05, 0) is 60.5 Å². The molecular weight excluding hydrogens is 566 g/mol. The molecule has 9 nitrogen and oxygen atoms in total. The molecule has 1 aliphatic heterocycles. The van der Waals surface area contributed by atoms with E-state index in [0.717, 1.165) is 17.5 Å². The lowest BCUT2D eigenvalue weighted by molar-refractivity contribution is -0.286. The SMILES string of the molecule is Cc1nc(C(F)F)cn1-c1ccc(-c2cccc(S(C)(=O)=O)c2)cc1N(N)/C(=C\N)c1ccc2c(c1)OC(F)(F)O2. The van der Waals surface area contributed by atoms with E-state index in [1.54, 1.807) is 30.3 Å². The Bertz CT molecular complexity index is 1790. The molecule has 14 heteroatoms. The van der Waals surface area contributed by atoms with E-state index in [0.29, 0.717) is 16.8 Å². The highest BCUT2D eigenvalue weighted by Gasteiger charge is 2.43. The Morgan fingerprint density at radius 3 is 2.41 bits per heavy atom. The molecule has 1 aliphatic rings. The molecule has 4 N–H and O–H groups in total. The van der Waals surface area contributed by atoms with Gasteiger partial charge in [0.25, 0.3) is 6.43 Å². The Labute approximate surface area is 232 Å². The number of ether oxygens (including phenoxy) is 2. The third kappa shape index (κ3) is 5.43. The molecule has 0 atom stereocenters. The summed E-state index contributed by atoms with van der Waals surface area (Å²) < 4.78 is 88.8. The number of aromatic nitrogens is 2. The zero-order valence-corrected chi connectivity index (χ0v) is 22.4. The van der Waals surface area contributed by atoms with Crippen molar-refractivity contribution in [2.45, 2.75) is 24.5 Å². The molecular formula is C27H23F4N5O4S. The molecule has 214 valence electrons. The van der Waals surface area contributed by atoms with Crippen LogP contribution in [0.2, 0.25) is 0 Å². The van der Waals surface area contributed by atoms with E-state index in [1.807, 2.05) is 0 Å². The average Bonchev–Trinajstić information content (AvgIpc) is 3.46. The number of nitrogens with zero attached hydrogens (tertiary/aromatic N) is 3. The number of hydrogen-bond donors (Lipinski definition) is 2. The largest absolute Gasteiger partial charge is 0.586 e. The first-order chi connectivity index (χ1) is 19.3. The molecule has 0 saturated carbocycles. The normalized spacial score (nSPS) is 14.5. The fourth-order valence-corrected chi connectivity index (χ4v) is 5.07. The average molecular weight is 590 g/mol. The zero-order chi connectivity index (χ0) is 29.7. The minimum atomic E-state index is -3.83. The maximum atomic E-state index is 13.6. The second-order valence-corrected chi connectivity index (χ2v) is 11.2. The summed E-state index contributed by atoms with van der Waals surface area (Å²) in [5.74, 6) is 6.39. The first-order valence-corrected chi connectivity index (χ1v) is 13.8. The summed E-state index contributed by atoms with van der Waals surface area (Å²) in [6.45, 7) is 1.54. The number of fused-ring (bicyclic) bond motifs is 1. The van der Waals surface area contributed by atoms with Gasteiger partial charge in [0.15, 0.2) is 21.3 Å². The summed E-state index contributed by atoms with van der Waals surface area (Å²) in [7, 11) is -3.51. The number of hydrazine groups is 1.